The number of rotatable bonds is 4. The average molecular weight is 635 g/mol. The number of nitrogens with zero attached hydrogens (tertiary/aromatic N) is 2. The molecule has 1 heterocycles. The Balaban J connectivity index is 1.20. The molecule has 0 bridgehead atoms. The molecule has 0 radical (unpaired) electrons. The zero-order valence-electron chi connectivity index (χ0n) is 20.6. The minimum Gasteiger partial charge on any atom is -0.368 e. The van der Waals surface area contributed by atoms with Crippen LogP contribution in [0.3, 0.4) is 0 Å². The lowest BCUT2D eigenvalue weighted by Crippen LogP contribution is -2.47. The second-order valence-corrected chi connectivity index (χ2v) is 10.3. The molecule has 2 N–H and O–H groups in total. The van der Waals surface area contributed by atoms with Crippen LogP contribution in [0.15, 0.2) is 65.1 Å². The number of thiocarbonyl (C=S) groups is 1. The third kappa shape index (κ3) is 5.33. The Hall–Kier alpha value is -3.77. The second-order valence-electron chi connectivity index (χ2n) is 8.99. The molecule has 40 heavy (non-hydrogen) atoms. The molecule has 1 amide bonds. The van der Waals surface area contributed by atoms with E-state index in [-0.39, 0.29) is 24.1 Å². The molecule has 0 aliphatic carbocycles. The topological polar surface area (TPSA) is 47.6 Å². The van der Waals surface area contributed by atoms with Gasteiger partial charge in [0, 0.05) is 47.6 Å². The Morgan fingerprint density at radius 2 is 1.27 bits per heavy atom. The Morgan fingerprint density at radius 3 is 1.93 bits per heavy atom. The Labute approximate surface area is 239 Å². The number of carbonyl (C=O) groups excluding carboxylic acids is 1. The van der Waals surface area contributed by atoms with Gasteiger partial charge in [-0.25, -0.2) is 22.0 Å². The molecule has 1 fully saturated rings. The standard InChI is InChI=1S/C28H20BrF5N4OS/c29-20-6-2-3-17-18(20)4-1-5-19(17)27(39)36-28(40)35-15-7-9-16(10-8-15)37-11-13-38(14-12-37)26-24(33)22(31)21(30)23(32)25(26)34/h1-10H,11-14H2,(H2,35,36,39,40). The molecule has 1 aliphatic heterocycles. The summed E-state index contributed by atoms with van der Waals surface area (Å²) in [5.74, 6) is -10.1. The molecule has 5 rings (SSSR count). The fraction of sp³-hybridized carbons (Fsp3) is 0.143. The first-order valence-electron chi connectivity index (χ1n) is 12.1. The minimum atomic E-state index is -2.17. The van der Waals surface area contributed by atoms with E-state index in [1.807, 2.05) is 29.2 Å². The number of amides is 1. The predicted molar refractivity (Wildman–Crippen MR) is 152 cm³/mol. The molecule has 4 aromatic carbocycles. The molecule has 5 nitrogen and oxygen atoms in total. The number of anilines is 3. The van der Waals surface area contributed by atoms with Gasteiger partial charge in [-0.1, -0.05) is 40.2 Å². The van der Waals surface area contributed by atoms with Crippen LogP contribution in [0.5, 0.6) is 0 Å². The van der Waals surface area contributed by atoms with Crippen LogP contribution in [-0.4, -0.2) is 37.2 Å². The molecular weight excluding hydrogens is 615 g/mol. The first-order valence-corrected chi connectivity index (χ1v) is 13.3. The van der Waals surface area contributed by atoms with Crippen molar-refractivity contribution in [3.8, 4) is 0 Å². The van der Waals surface area contributed by atoms with E-state index in [4.69, 9.17) is 12.2 Å². The number of hydrogen-bond donors (Lipinski definition) is 2. The number of benzene rings is 4. The van der Waals surface area contributed by atoms with Crippen LogP contribution in [0.25, 0.3) is 10.8 Å². The highest BCUT2D eigenvalue weighted by Gasteiger charge is 2.30. The van der Waals surface area contributed by atoms with Crippen molar-refractivity contribution in [3.05, 3.63) is 99.8 Å². The maximum Gasteiger partial charge on any atom is 0.258 e. The Morgan fingerprint density at radius 1 is 0.725 bits per heavy atom. The van der Waals surface area contributed by atoms with Crippen molar-refractivity contribution >= 4 is 67.0 Å². The van der Waals surface area contributed by atoms with E-state index in [0.717, 1.165) is 25.8 Å². The van der Waals surface area contributed by atoms with Crippen LogP contribution >= 0.6 is 28.1 Å². The second kappa shape index (κ2) is 11.4. The van der Waals surface area contributed by atoms with Crippen LogP contribution in [0.4, 0.5) is 39.0 Å². The van der Waals surface area contributed by atoms with Crippen molar-refractivity contribution in [2.75, 3.05) is 41.3 Å². The van der Waals surface area contributed by atoms with Crippen molar-refractivity contribution in [3.63, 3.8) is 0 Å². The molecule has 206 valence electrons. The number of fused-ring (bicyclic) bond motifs is 1. The fourth-order valence-electron chi connectivity index (χ4n) is 4.62. The summed E-state index contributed by atoms with van der Waals surface area (Å²) >= 11 is 8.81. The van der Waals surface area contributed by atoms with Gasteiger partial charge < -0.3 is 15.1 Å². The number of carbonyl (C=O) groups is 1. The lowest BCUT2D eigenvalue weighted by molar-refractivity contribution is 0.0979. The van der Waals surface area contributed by atoms with E-state index < -0.39 is 34.8 Å². The predicted octanol–water partition coefficient (Wildman–Crippen LogP) is 6.75. The molecule has 0 aromatic heterocycles. The molecule has 1 aliphatic rings. The molecule has 0 saturated carbocycles. The van der Waals surface area contributed by atoms with Crippen LogP contribution in [0.2, 0.25) is 0 Å². The minimum absolute atomic E-state index is 0.0548. The lowest BCUT2D eigenvalue weighted by Gasteiger charge is -2.37. The van der Waals surface area contributed by atoms with Gasteiger partial charge in [-0.15, -0.1) is 0 Å². The van der Waals surface area contributed by atoms with E-state index in [1.165, 1.54) is 0 Å². The molecule has 1 saturated heterocycles. The zero-order valence-corrected chi connectivity index (χ0v) is 23.0. The SMILES string of the molecule is O=C(NC(=S)Nc1ccc(N2CCN(c3c(F)c(F)c(F)c(F)c3F)CC2)cc1)c1cccc2c(Br)cccc12. The Bertz CT molecular complexity index is 1600. The monoisotopic (exact) mass is 634 g/mol. The molecule has 12 heteroatoms. The van der Waals surface area contributed by atoms with E-state index >= 15 is 0 Å². The largest absolute Gasteiger partial charge is 0.368 e. The highest BCUT2D eigenvalue weighted by Crippen LogP contribution is 2.32. The number of nitrogens with one attached hydrogen (secondary N) is 2. The highest BCUT2D eigenvalue weighted by atomic mass is 79.9. The first kappa shape index (κ1) is 27.8. The van der Waals surface area contributed by atoms with Gasteiger partial charge in [0.1, 0.15) is 5.69 Å². The summed E-state index contributed by atoms with van der Waals surface area (Å²) in [6.07, 6.45) is 0. The third-order valence-electron chi connectivity index (χ3n) is 6.61. The summed E-state index contributed by atoms with van der Waals surface area (Å²) in [7, 11) is 0. The summed E-state index contributed by atoms with van der Waals surface area (Å²) in [6.45, 7) is 0.697. The van der Waals surface area contributed by atoms with Gasteiger partial charge in [0.05, 0.1) is 0 Å². The van der Waals surface area contributed by atoms with Crippen molar-refractivity contribution in [1.82, 2.24) is 5.32 Å². The molecule has 0 unspecified atom stereocenters. The highest BCUT2D eigenvalue weighted by molar-refractivity contribution is 9.10. The maximum absolute atomic E-state index is 14.2. The molecule has 0 atom stereocenters. The van der Waals surface area contributed by atoms with Crippen molar-refractivity contribution in [2.45, 2.75) is 0 Å². The zero-order chi connectivity index (χ0) is 28.6. The van der Waals surface area contributed by atoms with Crippen molar-refractivity contribution in [1.29, 1.82) is 0 Å². The van der Waals surface area contributed by atoms with Gasteiger partial charge in [-0.05, 0) is 59.4 Å². The van der Waals surface area contributed by atoms with Crippen LogP contribution in [0, 0.1) is 29.1 Å². The summed E-state index contributed by atoms with van der Waals surface area (Å²) in [5, 5.41) is 7.45. The normalized spacial score (nSPS) is 13.4. The summed E-state index contributed by atoms with van der Waals surface area (Å²) in [5.41, 5.74) is 0.972. The summed E-state index contributed by atoms with van der Waals surface area (Å²) in [6, 6.07) is 18.1. The molecule has 4 aromatic rings. The van der Waals surface area contributed by atoms with Crippen molar-refractivity contribution < 1.29 is 26.7 Å². The molecular formula is C28H20BrF5N4OS. The van der Waals surface area contributed by atoms with E-state index in [0.29, 0.717) is 24.3 Å². The summed E-state index contributed by atoms with van der Waals surface area (Å²) in [4.78, 5) is 16.0. The Kier molecular flexibility index (Phi) is 7.90. The quantitative estimate of drug-likeness (QED) is 0.113. The van der Waals surface area contributed by atoms with E-state index in [1.54, 1.807) is 36.4 Å². The number of halogens is 6. The van der Waals surface area contributed by atoms with Gasteiger partial charge in [-0.2, -0.15) is 0 Å². The van der Waals surface area contributed by atoms with Crippen LogP contribution in [-0.2, 0) is 0 Å². The number of piperazine rings is 1. The van der Waals surface area contributed by atoms with Gasteiger partial charge in [0.2, 0.25) is 5.82 Å². The van der Waals surface area contributed by atoms with Gasteiger partial charge >= 0.3 is 0 Å². The van der Waals surface area contributed by atoms with Gasteiger partial charge in [-0.3, -0.25) is 10.1 Å². The average Bonchev–Trinajstić information content (AvgIpc) is 2.96. The van der Waals surface area contributed by atoms with Crippen LogP contribution in [0.1, 0.15) is 10.4 Å². The van der Waals surface area contributed by atoms with E-state index in [9.17, 15) is 26.7 Å². The van der Waals surface area contributed by atoms with Crippen LogP contribution < -0.4 is 20.4 Å². The third-order valence-corrected chi connectivity index (χ3v) is 7.51. The molecule has 0 spiro atoms. The lowest BCUT2D eigenvalue weighted by atomic mass is 10.0. The first-order chi connectivity index (χ1) is 19.2. The summed E-state index contributed by atoms with van der Waals surface area (Å²) < 4.78 is 69.9. The maximum atomic E-state index is 14.2. The number of hydrogen-bond acceptors (Lipinski definition) is 4. The smallest absolute Gasteiger partial charge is 0.258 e. The van der Waals surface area contributed by atoms with Crippen molar-refractivity contribution in [2.24, 2.45) is 0 Å². The van der Waals surface area contributed by atoms with E-state index in [2.05, 4.69) is 26.6 Å². The van der Waals surface area contributed by atoms with Gasteiger partial charge in [0.25, 0.3) is 5.91 Å². The fourth-order valence-corrected chi connectivity index (χ4v) is 5.33. The van der Waals surface area contributed by atoms with Gasteiger partial charge in [0.15, 0.2) is 28.4 Å².